The van der Waals surface area contributed by atoms with Gasteiger partial charge in [-0.25, -0.2) is 4.39 Å². The summed E-state index contributed by atoms with van der Waals surface area (Å²) < 4.78 is 18.7. The molecule has 0 spiro atoms. The lowest BCUT2D eigenvalue weighted by molar-refractivity contribution is 0.380. The van der Waals surface area contributed by atoms with E-state index in [4.69, 9.17) is 4.42 Å². The van der Waals surface area contributed by atoms with Crippen LogP contribution in [0.3, 0.4) is 0 Å². The summed E-state index contributed by atoms with van der Waals surface area (Å²) in [6.07, 6.45) is 1.04. The second-order valence-electron chi connectivity index (χ2n) is 6.71. The van der Waals surface area contributed by atoms with Gasteiger partial charge in [0.15, 0.2) is 0 Å². The standard InChI is InChI=1S/C21H24FN3O/c1-4-15-5-7-16(8-6-15)20(14(2)3)23-13-19-24-25-21(26-19)17-9-11-18(22)12-10-17/h5-12,14,20,23H,4,13H2,1-3H3. The normalized spacial score (nSPS) is 12.5. The molecule has 3 aromatic rings. The first-order valence-electron chi connectivity index (χ1n) is 8.97. The van der Waals surface area contributed by atoms with Gasteiger partial charge in [-0.2, -0.15) is 0 Å². The molecule has 1 heterocycles. The number of rotatable bonds is 7. The zero-order chi connectivity index (χ0) is 18.5. The van der Waals surface area contributed by atoms with Gasteiger partial charge in [0, 0.05) is 11.6 Å². The highest BCUT2D eigenvalue weighted by Gasteiger charge is 2.17. The van der Waals surface area contributed by atoms with E-state index in [1.165, 1.54) is 23.3 Å². The van der Waals surface area contributed by atoms with Crippen molar-refractivity contribution < 1.29 is 8.81 Å². The molecule has 4 nitrogen and oxygen atoms in total. The summed E-state index contributed by atoms with van der Waals surface area (Å²) in [6.45, 7) is 7.00. The summed E-state index contributed by atoms with van der Waals surface area (Å²) in [5.74, 6) is 1.04. The Morgan fingerprint density at radius 3 is 2.31 bits per heavy atom. The van der Waals surface area contributed by atoms with Crippen LogP contribution in [0.15, 0.2) is 52.9 Å². The quantitative estimate of drug-likeness (QED) is 0.655. The van der Waals surface area contributed by atoms with Crippen LogP contribution in [0.25, 0.3) is 11.5 Å². The van der Waals surface area contributed by atoms with Crippen molar-refractivity contribution in [1.82, 2.24) is 15.5 Å². The van der Waals surface area contributed by atoms with Gasteiger partial charge in [-0.1, -0.05) is 45.0 Å². The number of hydrogen-bond donors (Lipinski definition) is 1. The molecule has 0 aliphatic carbocycles. The van der Waals surface area contributed by atoms with Crippen LogP contribution in [-0.4, -0.2) is 10.2 Å². The van der Waals surface area contributed by atoms with Gasteiger partial charge in [0.05, 0.1) is 6.54 Å². The Bertz CT molecular complexity index is 825. The summed E-state index contributed by atoms with van der Waals surface area (Å²) in [5.41, 5.74) is 3.29. The van der Waals surface area contributed by atoms with Crippen LogP contribution < -0.4 is 5.32 Å². The molecular weight excluding hydrogens is 329 g/mol. The second-order valence-corrected chi connectivity index (χ2v) is 6.71. The number of nitrogens with zero attached hydrogens (tertiary/aromatic N) is 2. The van der Waals surface area contributed by atoms with E-state index in [9.17, 15) is 4.39 Å². The number of nitrogens with one attached hydrogen (secondary N) is 1. The maximum atomic E-state index is 13.0. The maximum Gasteiger partial charge on any atom is 0.247 e. The summed E-state index contributed by atoms with van der Waals surface area (Å²) >= 11 is 0. The molecule has 1 atom stereocenters. The molecule has 0 aliphatic heterocycles. The SMILES string of the molecule is CCc1ccc(C(NCc2nnc(-c3ccc(F)cc3)o2)C(C)C)cc1. The molecule has 0 bridgehead atoms. The first-order chi connectivity index (χ1) is 12.6. The van der Waals surface area contributed by atoms with Gasteiger partial charge in [0.1, 0.15) is 5.82 Å². The smallest absolute Gasteiger partial charge is 0.247 e. The Morgan fingerprint density at radius 1 is 1.00 bits per heavy atom. The lowest BCUT2D eigenvalue weighted by Crippen LogP contribution is -2.25. The highest BCUT2D eigenvalue weighted by atomic mass is 19.1. The Morgan fingerprint density at radius 2 is 1.69 bits per heavy atom. The highest BCUT2D eigenvalue weighted by Crippen LogP contribution is 2.23. The summed E-state index contributed by atoms with van der Waals surface area (Å²) in [6, 6.07) is 14.9. The molecular formula is C21H24FN3O. The molecule has 136 valence electrons. The molecule has 2 aromatic carbocycles. The van der Waals surface area contributed by atoms with E-state index in [2.05, 4.69) is 60.6 Å². The van der Waals surface area contributed by atoms with Crippen molar-refractivity contribution in [2.75, 3.05) is 0 Å². The van der Waals surface area contributed by atoms with Gasteiger partial charge in [0.2, 0.25) is 11.8 Å². The number of aryl methyl sites for hydroxylation is 1. The molecule has 26 heavy (non-hydrogen) atoms. The number of aromatic nitrogens is 2. The van der Waals surface area contributed by atoms with Gasteiger partial charge < -0.3 is 9.73 Å². The lowest BCUT2D eigenvalue weighted by atomic mass is 9.95. The van der Waals surface area contributed by atoms with Crippen molar-refractivity contribution in [3.8, 4) is 11.5 Å². The Labute approximate surface area is 153 Å². The predicted molar refractivity (Wildman–Crippen MR) is 99.9 cm³/mol. The molecule has 3 rings (SSSR count). The average Bonchev–Trinajstić information content (AvgIpc) is 3.12. The minimum atomic E-state index is -0.288. The minimum absolute atomic E-state index is 0.196. The maximum absolute atomic E-state index is 13.0. The van der Waals surface area contributed by atoms with Crippen molar-refractivity contribution in [2.24, 2.45) is 5.92 Å². The molecule has 0 saturated carbocycles. The largest absolute Gasteiger partial charge is 0.419 e. The fourth-order valence-corrected chi connectivity index (χ4v) is 2.93. The zero-order valence-electron chi connectivity index (χ0n) is 15.4. The van der Waals surface area contributed by atoms with E-state index in [0.29, 0.717) is 29.8 Å². The van der Waals surface area contributed by atoms with E-state index in [0.717, 1.165) is 6.42 Å². The molecule has 5 heteroatoms. The Hall–Kier alpha value is -2.53. The number of hydrogen-bond acceptors (Lipinski definition) is 4. The highest BCUT2D eigenvalue weighted by molar-refractivity contribution is 5.51. The van der Waals surface area contributed by atoms with Crippen LogP contribution in [-0.2, 0) is 13.0 Å². The number of benzene rings is 2. The fourth-order valence-electron chi connectivity index (χ4n) is 2.93. The zero-order valence-corrected chi connectivity index (χ0v) is 15.4. The van der Waals surface area contributed by atoms with Gasteiger partial charge in [-0.3, -0.25) is 0 Å². The average molecular weight is 353 g/mol. The van der Waals surface area contributed by atoms with Crippen LogP contribution in [0.5, 0.6) is 0 Å². The van der Waals surface area contributed by atoms with Crippen molar-refractivity contribution in [3.05, 3.63) is 71.4 Å². The van der Waals surface area contributed by atoms with Crippen LogP contribution in [0.1, 0.15) is 43.8 Å². The molecule has 0 radical (unpaired) electrons. The van der Waals surface area contributed by atoms with Gasteiger partial charge in [0.25, 0.3) is 0 Å². The molecule has 0 aliphatic rings. The Balaban J connectivity index is 1.68. The van der Waals surface area contributed by atoms with E-state index >= 15 is 0 Å². The fraction of sp³-hybridized carbons (Fsp3) is 0.333. The van der Waals surface area contributed by atoms with Crippen LogP contribution in [0.2, 0.25) is 0 Å². The van der Waals surface area contributed by atoms with Gasteiger partial charge in [-0.15, -0.1) is 10.2 Å². The van der Waals surface area contributed by atoms with E-state index < -0.39 is 0 Å². The third-order valence-corrected chi connectivity index (χ3v) is 4.44. The van der Waals surface area contributed by atoms with Crippen LogP contribution in [0.4, 0.5) is 4.39 Å². The van der Waals surface area contributed by atoms with Gasteiger partial charge >= 0.3 is 0 Å². The minimum Gasteiger partial charge on any atom is -0.419 e. The van der Waals surface area contributed by atoms with E-state index in [1.54, 1.807) is 12.1 Å². The monoisotopic (exact) mass is 353 g/mol. The lowest BCUT2D eigenvalue weighted by Gasteiger charge is -2.22. The molecule has 0 fully saturated rings. The third-order valence-electron chi connectivity index (χ3n) is 4.44. The summed E-state index contributed by atoms with van der Waals surface area (Å²) in [5, 5.41) is 11.7. The van der Waals surface area contributed by atoms with Crippen molar-refractivity contribution in [2.45, 2.75) is 39.8 Å². The summed E-state index contributed by atoms with van der Waals surface area (Å²) in [7, 11) is 0. The molecule has 1 unspecified atom stereocenters. The first-order valence-corrected chi connectivity index (χ1v) is 8.97. The van der Waals surface area contributed by atoms with Crippen LogP contribution >= 0.6 is 0 Å². The number of halogens is 1. The van der Waals surface area contributed by atoms with Gasteiger partial charge in [-0.05, 0) is 47.7 Å². The third kappa shape index (κ3) is 4.35. The molecule has 0 saturated heterocycles. The topological polar surface area (TPSA) is 51.0 Å². The second kappa shape index (κ2) is 8.23. The van der Waals surface area contributed by atoms with Crippen molar-refractivity contribution in [1.29, 1.82) is 0 Å². The predicted octanol–water partition coefficient (Wildman–Crippen LogP) is 4.93. The molecule has 0 amide bonds. The first kappa shape index (κ1) is 18.3. The van der Waals surface area contributed by atoms with E-state index in [-0.39, 0.29) is 11.9 Å². The van der Waals surface area contributed by atoms with Crippen molar-refractivity contribution >= 4 is 0 Å². The van der Waals surface area contributed by atoms with E-state index in [1.807, 2.05) is 0 Å². The van der Waals surface area contributed by atoms with Crippen molar-refractivity contribution in [3.63, 3.8) is 0 Å². The van der Waals surface area contributed by atoms with Crippen LogP contribution in [0, 0.1) is 11.7 Å². The molecule has 1 N–H and O–H groups in total. The summed E-state index contributed by atoms with van der Waals surface area (Å²) in [4.78, 5) is 0. The Kier molecular flexibility index (Phi) is 5.78. The molecule has 1 aromatic heterocycles.